The Morgan fingerprint density at radius 1 is 1.25 bits per heavy atom. The van der Waals surface area contributed by atoms with Gasteiger partial charge in [-0.2, -0.15) is 0 Å². The summed E-state index contributed by atoms with van der Waals surface area (Å²) in [6.07, 6.45) is 1.71. The zero-order valence-electron chi connectivity index (χ0n) is 13.9. The first-order chi connectivity index (χ1) is 11.5. The van der Waals surface area contributed by atoms with Crippen molar-refractivity contribution >= 4 is 33.2 Å². The molecule has 0 spiro atoms. The molecule has 0 saturated heterocycles. The molecule has 0 aliphatic carbocycles. The molecule has 0 fully saturated rings. The Kier molecular flexibility index (Phi) is 7.00. The third-order valence-corrected chi connectivity index (χ3v) is 4.22. The highest BCUT2D eigenvalue weighted by Gasteiger charge is 2.12. The van der Waals surface area contributed by atoms with Gasteiger partial charge in [0.05, 0.1) is 11.1 Å². The molecule has 0 atom stereocenters. The first-order valence-corrected chi connectivity index (χ1v) is 8.91. The van der Waals surface area contributed by atoms with Gasteiger partial charge < -0.3 is 14.8 Å². The molecule has 128 valence electrons. The standard InChI is InChI=1S/C19H21BrClNO2/c1-4-8-24-19-16(20)9-14(10-18(19)23-5-2)12-22-17-11-15(21)7-6-13(17)3/h4,6-7,9-11,22H,1,5,8,12H2,2-3H3. The fraction of sp³-hybridized carbons (Fsp3) is 0.263. The number of hydrogen-bond donors (Lipinski definition) is 1. The van der Waals surface area contributed by atoms with Crippen LogP contribution in [0.4, 0.5) is 5.69 Å². The topological polar surface area (TPSA) is 30.5 Å². The van der Waals surface area contributed by atoms with Crippen LogP contribution in [-0.2, 0) is 6.54 Å². The Bertz CT molecular complexity index is 719. The molecule has 0 saturated carbocycles. The van der Waals surface area contributed by atoms with Gasteiger partial charge in [0.2, 0.25) is 0 Å². The highest BCUT2D eigenvalue weighted by Crippen LogP contribution is 2.37. The fourth-order valence-corrected chi connectivity index (χ4v) is 3.03. The van der Waals surface area contributed by atoms with Gasteiger partial charge in [-0.1, -0.05) is 30.3 Å². The molecule has 24 heavy (non-hydrogen) atoms. The van der Waals surface area contributed by atoms with Gasteiger partial charge >= 0.3 is 0 Å². The number of ether oxygens (including phenoxy) is 2. The molecule has 0 aromatic heterocycles. The molecule has 0 radical (unpaired) electrons. The number of hydrogen-bond acceptors (Lipinski definition) is 3. The summed E-state index contributed by atoms with van der Waals surface area (Å²) in [5.41, 5.74) is 3.24. The van der Waals surface area contributed by atoms with E-state index < -0.39 is 0 Å². The van der Waals surface area contributed by atoms with Gasteiger partial charge in [-0.25, -0.2) is 0 Å². The molecular formula is C19H21BrClNO2. The van der Waals surface area contributed by atoms with Crippen LogP contribution in [0.5, 0.6) is 11.5 Å². The van der Waals surface area contributed by atoms with Gasteiger partial charge in [0.1, 0.15) is 6.61 Å². The second-order valence-electron chi connectivity index (χ2n) is 5.25. The third kappa shape index (κ3) is 4.92. The van der Waals surface area contributed by atoms with Crippen molar-refractivity contribution in [2.45, 2.75) is 20.4 Å². The smallest absolute Gasteiger partial charge is 0.175 e. The van der Waals surface area contributed by atoms with Crippen molar-refractivity contribution in [1.82, 2.24) is 0 Å². The zero-order chi connectivity index (χ0) is 17.5. The van der Waals surface area contributed by atoms with E-state index in [0.29, 0.717) is 36.3 Å². The molecule has 5 heteroatoms. The van der Waals surface area contributed by atoms with Crippen molar-refractivity contribution in [2.75, 3.05) is 18.5 Å². The maximum absolute atomic E-state index is 6.07. The molecule has 0 heterocycles. The van der Waals surface area contributed by atoms with Crippen molar-refractivity contribution < 1.29 is 9.47 Å². The lowest BCUT2D eigenvalue weighted by molar-refractivity contribution is 0.295. The van der Waals surface area contributed by atoms with Crippen LogP contribution in [0.15, 0.2) is 47.5 Å². The molecule has 0 aliphatic rings. The number of rotatable bonds is 8. The number of anilines is 1. The molecule has 2 aromatic carbocycles. The summed E-state index contributed by atoms with van der Waals surface area (Å²) < 4.78 is 12.3. The Morgan fingerprint density at radius 3 is 2.75 bits per heavy atom. The Labute approximate surface area is 156 Å². The molecule has 3 nitrogen and oxygen atoms in total. The number of halogens is 2. The average Bonchev–Trinajstić information content (AvgIpc) is 2.55. The molecule has 0 unspecified atom stereocenters. The lowest BCUT2D eigenvalue weighted by Gasteiger charge is -2.16. The molecule has 2 rings (SSSR count). The second kappa shape index (κ2) is 9.00. The van der Waals surface area contributed by atoms with E-state index in [-0.39, 0.29) is 0 Å². The van der Waals surface area contributed by atoms with Crippen LogP contribution in [0.3, 0.4) is 0 Å². The van der Waals surface area contributed by atoms with Gasteiger partial charge in [0.25, 0.3) is 0 Å². The Hall–Kier alpha value is -1.65. The first-order valence-electron chi connectivity index (χ1n) is 7.74. The van der Waals surface area contributed by atoms with E-state index in [1.807, 2.05) is 44.2 Å². The Balaban J connectivity index is 2.20. The fourth-order valence-electron chi connectivity index (χ4n) is 2.25. The van der Waals surface area contributed by atoms with Crippen molar-refractivity contribution in [3.8, 4) is 11.5 Å². The zero-order valence-corrected chi connectivity index (χ0v) is 16.2. The van der Waals surface area contributed by atoms with E-state index in [2.05, 4.69) is 27.8 Å². The van der Waals surface area contributed by atoms with E-state index in [1.54, 1.807) is 6.08 Å². The van der Waals surface area contributed by atoms with Crippen LogP contribution < -0.4 is 14.8 Å². The van der Waals surface area contributed by atoms with Crippen LogP contribution in [0, 0.1) is 6.92 Å². The third-order valence-electron chi connectivity index (χ3n) is 3.40. The average molecular weight is 411 g/mol. The maximum Gasteiger partial charge on any atom is 0.175 e. The van der Waals surface area contributed by atoms with E-state index >= 15 is 0 Å². The van der Waals surface area contributed by atoms with Crippen LogP contribution in [0.2, 0.25) is 5.02 Å². The van der Waals surface area contributed by atoms with E-state index in [0.717, 1.165) is 21.3 Å². The molecule has 0 amide bonds. The predicted molar refractivity (Wildman–Crippen MR) is 105 cm³/mol. The van der Waals surface area contributed by atoms with Crippen molar-refractivity contribution in [3.05, 3.63) is 63.6 Å². The maximum atomic E-state index is 6.07. The van der Waals surface area contributed by atoms with E-state index in [9.17, 15) is 0 Å². The van der Waals surface area contributed by atoms with Crippen molar-refractivity contribution in [3.63, 3.8) is 0 Å². The lowest BCUT2D eigenvalue weighted by atomic mass is 10.1. The van der Waals surface area contributed by atoms with Crippen LogP contribution in [-0.4, -0.2) is 13.2 Å². The summed E-state index contributed by atoms with van der Waals surface area (Å²) in [7, 11) is 0. The number of nitrogens with one attached hydrogen (secondary N) is 1. The summed E-state index contributed by atoms with van der Waals surface area (Å²) in [5.74, 6) is 1.41. The molecule has 1 N–H and O–H groups in total. The summed E-state index contributed by atoms with van der Waals surface area (Å²) in [4.78, 5) is 0. The summed E-state index contributed by atoms with van der Waals surface area (Å²) in [6.45, 7) is 9.33. The molecule has 0 bridgehead atoms. The highest BCUT2D eigenvalue weighted by molar-refractivity contribution is 9.10. The van der Waals surface area contributed by atoms with Crippen molar-refractivity contribution in [2.24, 2.45) is 0 Å². The number of benzene rings is 2. The minimum Gasteiger partial charge on any atom is -0.490 e. The largest absolute Gasteiger partial charge is 0.490 e. The lowest BCUT2D eigenvalue weighted by Crippen LogP contribution is -2.04. The van der Waals surface area contributed by atoms with Gasteiger partial charge in [0.15, 0.2) is 11.5 Å². The summed E-state index contributed by atoms with van der Waals surface area (Å²) in [5, 5.41) is 4.13. The van der Waals surface area contributed by atoms with Gasteiger partial charge in [-0.05, 0) is 65.2 Å². The first kappa shape index (κ1) is 18.7. The SMILES string of the molecule is C=CCOc1c(Br)cc(CNc2cc(Cl)ccc2C)cc1OCC. The minimum absolute atomic E-state index is 0.429. The Morgan fingerprint density at radius 2 is 2.04 bits per heavy atom. The predicted octanol–water partition coefficient (Wildman–Crippen LogP) is 5.99. The quantitative estimate of drug-likeness (QED) is 0.542. The second-order valence-corrected chi connectivity index (χ2v) is 6.54. The minimum atomic E-state index is 0.429. The van der Waals surface area contributed by atoms with Gasteiger partial charge in [0, 0.05) is 17.3 Å². The van der Waals surface area contributed by atoms with Crippen LogP contribution in [0.25, 0.3) is 0 Å². The molecular weight excluding hydrogens is 390 g/mol. The summed E-state index contributed by atoms with van der Waals surface area (Å²) in [6, 6.07) is 9.82. The molecule has 0 aliphatic heterocycles. The summed E-state index contributed by atoms with van der Waals surface area (Å²) >= 11 is 9.63. The highest BCUT2D eigenvalue weighted by atomic mass is 79.9. The normalized spacial score (nSPS) is 10.3. The molecule has 2 aromatic rings. The van der Waals surface area contributed by atoms with Gasteiger partial charge in [-0.3, -0.25) is 0 Å². The number of aryl methyl sites for hydroxylation is 1. The van der Waals surface area contributed by atoms with E-state index in [4.69, 9.17) is 21.1 Å². The van der Waals surface area contributed by atoms with E-state index in [1.165, 1.54) is 0 Å². The monoisotopic (exact) mass is 409 g/mol. The van der Waals surface area contributed by atoms with Crippen LogP contribution >= 0.6 is 27.5 Å². The van der Waals surface area contributed by atoms with Crippen molar-refractivity contribution in [1.29, 1.82) is 0 Å². The van der Waals surface area contributed by atoms with Gasteiger partial charge in [-0.15, -0.1) is 0 Å². The van der Waals surface area contributed by atoms with Crippen LogP contribution in [0.1, 0.15) is 18.1 Å².